The largest absolute Gasteiger partial charge is 0.423 e. The number of nitrogens with one attached hydrogen (secondary N) is 3. The highest BCUT2D eigenvalue weighted by Gasteiger charge is 2.39. The molecule has 0 radical (unpaired) electrons. The van der Waals surface area contributed by atoms with Crippen molar-refractivity contribution < 1.29 is 26.8 Å². The number of hydrogen-bond donors (Lipinski definition) is 3. The Bertz CT molecular complexity index is 1840. The van der Waals surface area contributed by atoms with Crippen molar-refractivity contribution in [2.24, 2.45) is 0 Å². The molecule has 5 aromatic rings. The Kier molecular flexibility index (Phi) is 9.00. The molecule has 1 amide bonds. The number of hydrogen-bond acceptors (Lipinski definition) is 8. The van der Waals surface area contributed by atoms with Gasteiger partial charge in [0.15, 0.2) is 11.2 Å². The molecule has 2 aliphatic rings. The van der Waals surface area contributed by atoms with Crippen LogP contribution >= 0.6 is 34.8 Å². The van der Waals surface area contributed by atoms with E-state index >= 15 is 0 Å². The van der Waals surface area contributed by atoms with Gasteiger partial charge in [-0.15, -0.1) is 0 Å². The molecule has 0 saturated carbocycles. The summed E-state index contributed by atoms with van der Waals surface area (Å²) in [6.45, 7) is 2.48. The molecule has 2 aliphatic heterocycles. The summed E-state index contributed by atoms with van der Waals surface area (Å²) in [6.07, 6.45) is -3.05. The van der Waals surface area contributed by atoms with E-state index in [4.69, 9.17) is 43.6 Å². The summed E-state index contributed by atoms with van der Waals surface area (Å²) in [4.78, 5) is 22.8. The third-order valence-corrected chi connectivity index (χ3v) is 8.21. The number of alkyl halides is 3. The minimum atomic E-state index is -4.67. The van der Waals surface area contributed by atoms with Gasteiger partial charge in [0.1, 0.15) is 11.0 Å². The number of anilines is 2. The van der Waals surface area contributed by atoms with Crippen molar-refractivity contribution in [2.45, 2.75) is 31.1 Å². The summed E-state index contributed by atoms with van der Waals surface area (Å²) in [6, 6.07) is 14.8. The van der Waals surface area contributed by atoms with Crippen molar-refractivity contribution in [1.82, 2.24) is 20.2 Å². The third-order valence-electron chi connectivity index (χ3n) is 7.42. The number of amides is 1. The van der Waals surface area contributed by atoms with E-state index in [1.807, 2.05) is 12.1 Å². The highest BCUT2D eigenvalue weighted by Crippen LogP contribution is 2.36. The molecule has 2 saturated heterocycles. The highest BCUT2D eigenvalue weighted by atomic mass is 35.5. The van der Waals surface area contributed by atoms with Crippen LogP contribution in [0.3, 0.4) is 0 Å². The number of nitrogens with zero attached hydrogens (tertiary/aromatic N) is 3. The van der Waals surface area contributed by atoms with Crippen LogP contribution in [0.5, 0.6) is 0 Å². The van der Waals surface area contributed by atoms with Gasteiger partial charge in [-0.05, 0) is 55.8 Å². The van der Waals surface area contributed by atoms with Crippen LogP contribution in [0.25, 0.3) is 22.2 Å². The van der Waals surface area contributed by atoms with Crippen LogP contribution in [0.15, 0.2) is 63.4 Å². The molecular weight excluding hydrogens is 656 g/mol. The van der Waals surface area contributed by atoms with Crippen molar-refractivity contribution in [3.63, 3.8) is 0 Å². The minimum absolute atomic E-state index is 0.195. The molecule has 7 rings (SSSR count). The molecule has 2 fully saturated rings. The first-order valence-corrected chi connectivity index (χ1v) is 15.2. The van der Waals surface area contributed by atoms with Gasteiger partial charge in [0.05, 0.1) is 16.1 Å². The van der Waals surface area contributed by atoms with Crippen LogP contribution in [-0.2, 0) is 6.18 Å². The lowest BCUT2D eigenvalue weighted by Crippen LogP contribution is -2.33. The summed E-state index contributed by atoms with van der Waals surface area (Å²) in [5.41, 5.74) is 1.12. The van der Waals surface area contributed by atoms with Crippen LogP contribution in [0, 0.1) is 0 Å². The molecule has 3 N–H and O–H groups in total. The minimum Gasteiger partial charge on any atom is -0.423 e. The smallest absolute Gasteiger partial charge is 0.417 e. The van der Waals surface area contributed by atoms with Gasteiger partial charge in [0.2, 0.25) is 0 Å². The molecule has 236 valence electrons. The lowest BCUT2D eigenvalue weighted by Gasteiger charge is -2.20. The first kappa shape index (κ1) is 31.3. The Morgan fingerprint density at radius 1 is 0.889 bits per heavy atom. The van der Waals surface area contributed by atoms with Crippen molar-refractivity contribution >= 4 is 74.9 Å². The number of halogens is 6. The topological polar surface area (TPSA) is 108 Å². The van der Waals surface area contributed by atoms with Gasteiger partial charge in [-0.3, -0.25) is 4.79 Å². The normalized spacial score (nSPS) is 18.3. The summed E-state index contributed by atoms with van der Waals surface area (Å²) in [7, 11) is 0. The molecule has 2 aromatic heterocycles. The number of aromatic nitrogens is 2. The van der Waals surface area contributed by atoms with E-state index < -0.39 is 23.2 Å². The van der Waals surface area contributed by atoms with E-state index in [2.05, 4.69) is 25.9 Å². The van der Waals surface area contributed by atoms with Crippen LogP contribution in [0.4, 0.5) is 25.2 Å². The number of carbonyl (C=O) groups excluding carboxylic acids is 1. The quantitative estimate of drug-likeness (QED) is 0.173. The van der Waals surface area contributed by atoms with Gasteiger partial charge >= 0.3 is 6.18 Å². The Morgan fingerprint density at radius 3 is 2.09 bits per heavy atom. The molecule has 45 heavy (non-hydrogen) atoms. The second-order valence-corrected chi connectivity index (χ2v) is 11.9. The number of oxazole rings is 2. The van der Waals surface area contributed by atoms with Crippen LogP contribution in [0.1, 0.15) is 28.8 Å². The molecule has 0 unspecified atom stereocenters. The zero-order chi connectivity index (χ0) is 31.7. The number of fused-ring (bicyclic) bond motifs is 2. The first-order chi connectivity index (χ1) is 21.5. The summed E-state index contributed by atoms with van der Waals surface area (Å²) < 4.78 is 51.1. The lowest BCUT2D eigenvalue weighted by atomic mass is 10.1. The van der Waals surface area contributed by atoms with Crippen LogP contribution < -0.4 is 16.0 Å². The molecule has 15 heteroatoms. The van der Waals surface area contributed by atoms with Gasteiger partial charge in [-0.1, -0.05) is 40.9 Å². The molecule has 2 atom stereocenters. The van der Waals surface area contributed by atoms with Crippen molar-refractivity contribution in [2.75, 3.05) is 36.8 Å². The average molecular weight is 682 g/mol. The van der Waals surface area contributed by atoms with Crippen molar-refractivity contribution in [3.05, 3.63) is 80.8 Å². The zero-order valence-electron chi connectivity index (χ0n) is 23.4. The maximum atomic E-state index is 13.3. The summed E-state index contributed by atoms with van der Waals surface area (Å²) in [5.74, 6) is -0.753. The lowest BCUT2D eigenvalue weighted by molar-refractivity contribution is -0.138. The standard InChI is InChI=1S/C19H14Cl2F3N3O2.C11H12ClN3O/c20-10-4-5-14-15(8-10)29-18(26-14)25-11-6-7-27(9-11)17(28)16-12(19(22,23)24)2-1-3-13(16)21;12-7-1-2-9-10(5-7)16-11(15-9)14-8-3-4-13-6-8/h1-5,8,11H,6-7,9H2,(H,25,26);1-2,5,8,13H,3-4,6H2,(H,14,15)/t11-;8-/m11/s1. The molecule has 4 heterocycles. The van der Waals surface area contributed by atoms with E-state index in [-0.39, 0.29) is 30.2 Å². The SMILES string of the molecule is Clc1ccc2nc(N[C@@H]3CCNC3)oc2c1.O=C(c1c(Cl)cccc1C(F)(F)F)N1CC[C@@H](Nc2nc3ccc(Cl)cc3o2)C1. The fourth-order valence-corrected chi connectivity index (χ4v) is 5.83. The van der Waals surface area contributed by atoms with E-state index in [0.717, 1.165) is 36.7 Å². The molecule has 0 aliphatic carbocycles. The number of carbonyl (C=O) groups is 1. The van der Waals surface area contributed by atoms with Gasteiger partial charge in [0.25, 0.3) is 17.9 Å². The van der Waals surface area contributed by atoms with E-state index in [1.54, 1.807) is 24.3 Å². The van der Waals surface area contributed by atoms with Crippen LogP contribution in [0.2, 0.25) is 15.1 Å². The first-order valence-electron chi connectivity index (χ1n) is 14.0. The van der Waals surface area contributed by atoms with E-state index in [9.17, 15) is 18.0 Å². The molecule has 3 aromatic carbocycles. The molecule has 9 nitrogen and oxygen atoms in total. The molecule has 0 bridgehead atoms. The van der Waals surface area contributed by atoms with Gasteiger partial charge in [-0.2, -0.15) is 23.1 Å². The third kappa shape index (κ3) is 7.25. The summed E-state index contributed by atoms with van der Waals surface area (Å²) in [5, 5.41) is 10.6. The second-order valence-electron chi connectivity index (χ2n) is 10.6. The zero-order valence-corrected chi connectivity index (χ0v) is 25.7. The number of likely N-dealkylation sites (tertiary alicyclic amines) is 1. The monoisotopic (exact) mass is 680 g/mol. The van der Waals surface area contributed by atoms with E-state index in [1.165, 1.54) is 17.0 Å². The van der Waals surface area contributed by atoms with Crippen molar-refractivity contribution in [3.8, 4) is 0 Å². The number of benzene rings is 3. The highest BCUT2D eigenvalue weighted by molar-refractivity contribution is 6.34. The predicted octanol–water partition coefficient (Wildman–Crippen LogP) is 7.74. The van der Waals surface area contributed by atoms with Crippen LogP contribution in [-0.4, -0.2) is 59.0 Å². The Morgan fingerprint density at radius 2 is 1.51 bits per heavy atom. The van der Waals surface area contributed by atoms with Gasteiger partial charge < -0.3 is 29.7 Å². The average Bonchev–Trinajstić information content (AvgIpc) is 3.80. The van der Waals surface area contributed by atoms with Gasteiger partial charge in [0, 0.05) is 53.9 Å². The van der Waals surface area contributed by atoms with E-state index in [0.29, 0.717) is 39.6 Å². The number of rotatable bonds is 5. The fourth-order valence-electron chi connectivity index (χ4n) is 5.25. The molecule has 0 spiro atoms. The predicted molar refractivity (Wildman–Crippen MR) is 167 cm³/mol. The Hall–Kier alpha value is -3.71. The molecular formula is C30H26Cl3F3N6O3. The maximum absolute atomic E-state index is 13.3. The van der Waals surface area contributed by atoms with Gasteiger partial charge in [-0.25, -0.2) is 0 Å². The Balaban J connectivity index is 0.000000187. The Labute approximate surface area is 270 Å². The maximum Gasteiger partial charge on any atom is 0.417 e. The summed E-state index contributed by atoms with van der Waals surface area (Å²) >= 11 is 17.7. The second kappa shape index (κ2) is 13.0. The fraction of sp³-hybridized carbons (Fsp3) is 0.300. The van der Waals surface area contributed by atoms with Crippen molar-refractivity contribution in [1.29, 1.82) is 0 Å².